The van der Waals surface area contributed by atoms with Crippen LogP contribution in [0.4, 0.5) is 0 Å². The predicted molar refractivity (Wildman–Crippen MR) is 44.6 cm³/mol. The molecule has 2 heteroatoms. The Labute approximate surface area is 68.2 Å². The van der Waals surface area contributed by atoms with Crippen LogP contribution in [0, 0.1) is 0 Å². The van der Waals surface area contributed by atoms with Crippen LogP contribution in [0.5, 0.6) is 0 Å². The quantitative estimate of drug-likeness (QED) is 0.580. The molecule has 1 aliphatic heterocycles. The van der Waals surface area contributed by atoms with Crippen molar-refractivity contribution in [3.63, 3.8) is 0 Å². The molecule has 0 spiro atoms. The van der Waals surface area contributed by atoms with Gasteiger partial charge >= 0.3 is 0 Å². The summed E-state index contributed by atoms with van der Waals surface area (Å²) in [6, 6.07) is 0. The fourth-order valence-corrected chi connectivity index (χ4v) is 0.932. The first-order valence-electron chi connectivity index (χ1n) is 3.94. The van der Waals surface area contributed by atoms with Crippen molar-refractivity contribution in [1.29, 1.82) is 0 Å². The fourth-order valence-electron chi connectivity index (χ4n) is 0.932. The number of ether oxygens (including phenoxy) is 2. The zero-order chi connectivity index (χ0) is 8.48. The van der Waals surface area contributed by atoms with E-state index in [4.69, 9.17) is 9.47 Å². The molecule has 1 saturated heterocycles. The minimum Gasteiger partial charge on any atom is -0.372 e. The highest BCUT2D eigenvalue weighted by Gasteiger charge is 2.42. The van der Waals surface area contributed by atoms with Crippen LogP contribution in [0.3, 0.4) is 0 Å². The normalized spacial score (nSPS) is 36.5. The molecule has 64 valence electrons. The summed E-state index contributed by atoms with van der Waals surface area (Å²) in [6.45, 7) is 11.2. The van der Waals surface area contributed by atoms with Gasteiger partial charge in [-0.2, -0.15) is 0 Å². The predicted octanol–water partition coefficient (Wildman–Crippen LogP) is 1.76. The van der Waals surface area contributed by atoms with Crippen molar-refractivity contribution in [2.24, 2.45) is 0 Å². The first-order chi connectivity index (χ1) is 5.04. The van der Waals surface area contributed by atoms with E-state index >= 15 is 0 Å². The molecule has 0 aromatic carbocycles. The summed E-state index contributed by atoms with van der Waals surface area (Å²) in [5.74, 6) is 0. The van der Waals surface area contributed by atoms with Crippen LogP contribution in [-0.4, -0.2) is 24.9 Å². The Morgan fingerprint density at radius 2 is 2.45 bits per heavy atom. The molecule has 0 aromatic rings. The molecule has 2 atom stereocenters. The monoisotopic (exact) mass is 156 g/mol. The van der Waals surface area contributed by atoms with Crippen molar-refractivity contribution in [2.45, 2.75) is 32.5 Å². The summed E-state index contributed by atoms with van der Waals surface area (Å²) in [6.07, 6.45) is 0.224. The summed E-state index contributed by atoms with van der Waals surface area (Å²) in [5.41, 5.74) is 0.990. The number of rotatable bonds is 3. The van der Waals surface area contributed by atoms with Gasteiger partial charge in [0, 0.05) is 0 Å². The molecule has 0 N–H and O–H groups in total. The van der Waals surface area contributed by atoms with Gasteiger partial charge < -0.3 is 9.47 Å². The molecule has 0 saturated carbocycles. The topological polar surface area (TPSA) is 18.5 Å². The molecule has 0 aliphatic carbocycles. The zero-order valence-corrected chi connectivity index (χ0v) is 7.52. The van der Waals surface area contributed by atoms with E-state index in [9.17, 15) is 0 Å². The summed E-state index contributed by atoms with van der Waals surface area (Å²) in [7, 11) is 0. The van der Waals surface area contributed by atoms with Crippen LogP contribution in [-0.2, 0) is 9.47 Å². The van der Waals surface area contributed by atoms with Gasteiger partial charge in [0.1, 0.15) is 5.60 Å². The Morgan fingerprint density at radius 1 is 1.82 bits per heavy atom. The van der Waals surface area contributed by atoms with Gasteiger partial charge in [0.2, 0.25) is 0 Å². The van der Waals surface area contributed by atoms with E-state index in [0.717, 1.165) is 5.57 Å². The smallest absolute Gasteiger partial charge is 0.115 e. The maximum Gasteiger partial charge on any atom is 0.115 e. The highest BCUT2D eigenvalue weighted by molar-refractivity contribution is 4.94. The second kappa shape index (κ2) is 2.95. The maximum absolute atomic E-state index is 5.61. The van der Waals surface area contributed by atoms with E-state index in [1.54, 1.807) is 0 Å². The average Bonchev–Trinajstić information content (AvgIpc) is 1.97. The van der Waals surface area contributed by atoms with E-state index in [2.05, 4.69) is 13.5 Å². The Balaban J connectivity index is 2.30. The van der Waals surface area contributed by atoms with Gasteiger partial charge in [0.15, 0.2) is 0 Å². The molecule has 0 aromatic heterocycles. The molecule has 0 radical (unpaired) electrons. The number of hydrogen-bond donors (Lipinski definition) is 0. The molecule has 2 unspecified atom stereocenters. The van der Waals surface area contributed by atoms with Gasteiger partial charge in [0.05, 0.1) is 19.3 Å². The van der Waals surface area contributed by atoms with E-state index in [1.807, 2.05) is 13.8 Å². The van der Waals surface area contributed by atoms with Crippen LogP contribution in [0.2, 0.25) is 0 Å². The lowest BCUT2D eigenvalue weighted by Gasteiger charge is -2.44. The lowest BCUT2D eigenvalue weighted by atomic mass is 9.96. The summed E-state index contributed by atoms with van der Waals surface area (Å²) < 4.78 is 10.8. The lowest BCUT2D eigenvalue weighted by Crippen LogP contribution is -2.56. The molecule has 1 heterocycles. The standard InChI is InChI=1S/C9H16O2/c1-7(2)5-11-9(4)6-10-8(9)3/h8H,1,5-6H2,2-4H3. The van der Waals surface area contributed by atoms with Gasteiger partial charge in [-0.05, 0) is 20.8 Å². The van der Waals surface area contributed by atoms with Gasteiger partial charge in [0.25, 0.3) is 0 Å². The van der Waals surface area contributed by atoms with Gasteiger partial charge in [-0.25, -0.2) is 0 Å². The highest BCUT2D eigenvalue weighted by Crippen LogP contribution is 2.28. The Hall–Kier alpha value is -0.340. The van der Waals surface area contributed by atoms with Crippen molar-refractivity contribution in [3.05, 3.63) is 12.2 Å². The first kappa shape index (κ1) is 8.75. The molecule has 0 bridgehead atoms. The third-order valence-electron chi connectivity index (χ3n) is 2.13. The third kappa shape index (κ3) is 1.82. The van der Waals surface area contributed by atoms with Crippen molar-refractivity contribution in [2.75, 3.05) is 13.2 Å². The second-order valence-electron chi connectivity index (χ2n) is 3.51. The minimum absolute atomic E-state index is 0.0705. The largest absolute Gasteiger partial charge is 0.372 e. The van der Waals surface area contributed by atoms with Crippen LogP contribution in [0.1, 0.15) is 20.8 Å². The Bertz CT molecular complexity index is 165. The van der Waals surface area contributed by atoms with Gasteiger partial charge in [-0.3, -0.25) is 0 Å². The van der Waals surface area contributed by atoms with Crippen molar-refractivity contribution in [3.8, 4) is 0 Å². The third-order valence-corrected chi connectivity index (χ3v) is 2.13. The Kier molecular flexibility index (Phi) is 2.35. The van der Waals surface area contributed by atoms with E-state index < -0.39 is 0 Å². The van der Waals surface area contributed by atoms with Gasteiger partial charge in [-0.15, -0.1) is 0 Å². The van der Waals surface area contributed by atoms with Crippen LogP contribution in [0.15, 0.2) is 12.2 Å². The van der Waals surface area contributed by atoms with Crippen LogP contribution >= 0.6 is 0 Å². The highest BCUT2D eigenvalue weighted by atomic mass is 16.6. The van der Waals surface area contributed by atoms with E-state index in [-0.39, 0.29) is 11.7 Å². The minimum atomic E-state index is -0.0705. The molecule has 1 fully saturated rings. The second-order valence-corrected chi connectivity index (χ2v) is 3.51. The first-order valence-corrected chi connectivity index (χ1v) is 3.94. The number of hydrogen-bond acceptors (Lipinski definition) is 2. The van der Waals surface area contributed by atoms with E-state index in [1.165, 1.54) is 0 Å². The fraction of sp³-hybridized carbons (Fsp3) is 0.778. The molecular weight excluding hydrogens is 140 g/mol. The summed E-state index contributed by atoms with van der Waals surface area (Å²) in [5, 5.41) is 0. The van der Waals surface area contributed by atoms with Crippen molar-refractivity contribution < 1.29 is 9.47 Å². The molecular formula is C9H16O2. The Morgan fingerprint density at radius 3 is 2.73 bits per heavy atom. The molecule has 1 rings (SSSR count). The average molecular weight is 156 g/mol. The van der Waals surface area contributed by atoms with Crippen molar-refractivity contribution >= 4 is 0 Å². The van der Waals surface area contributed by atoms with E-state index in [0.29, 0.717) is 13.2 Å². The summed E-state index contributed by atoms with van der Waals surface area (Å²) in [4.78, 5) is 0. The molecule has 0 amide bonds. The summed E-state index contributed by atoms with van der Waals surface area (Å²) >= 11 is 0. The maximum atomic E-state index is 5.61. The lowest BCUT2D eigenvalue weighted by molar-refractivity contribution is -0.241. The molecule has 11 heavy (non-hydrogen) atoms. The van der Waals surface area contributed by atoms with Crippen LogP contribution < -0.4 is 0 Å². The van der Waals surface area contributed by atoms with Crippen molar-refractivity contribution in [1.82, 2.24) is 0 Å². The zero-order valence-electron chi connectivity index (χ0n) is 7.52. The molecule has 2 nitrogen and oxygen atoms in total. The molecule has 1 aliphatic rings. The van der Waals surface area contributed by atoms with Crippen LogP contribution in [0.25, 0.3) is 0 Å². The SMILES string of the molecule is C=C(C)COC1(C)COC1C. The van der Waals surface area contributed by atoms with Gasteiger partial charge in [-0.1, -0.05) is 12.2 Å².